The van der Waals surface area contributed by atoms with Gasteiger partial charge in [-0.2, -0.15) is 4.31 Å². The molecule has 1 heterocycles. The van der Waals surface area contributed by atoms with E-state index >= 15 is 0 Å². The van der Waals surface area contributed by atoms with Gasteiger partial charge in [-0.25, -0.2) is 8.42 Å². The minimum Gasteiger partial charge on any atom is -0.545 e. The molecule has 1 N–H and O–H groups in total. The van der Waals surface area contributed by atoms with Crippen molar-refractivity contribution in [2.45, 2.75) is 17.7 Å². The Kier molecular flexibility index (Phi) is 4.94. The molecule has 1 saturated heterocycles. The third kappa shape index (κ3) is 3.92. The van der Waals surface area contributed by atoms with Crippen molar-refractivity contribution in [2.75, 3.05) is 18.4 Å². The van der Waals surface area contributed by atoms with Gasteiger partial charge in [-0.1, -0.05) is 0 Å². The molecule has 0 unspecified atom stereocenters. The molecule has 22 heavy (non-hydrogen) atoms. The van der Waals surface area contributed by atoms with Crippen LogP contribution in [0.15, 0.2) is 41.3 Å². The molecule has 0 aromatic heterocycles. The number of carbonyl (C=O) groups excluding carboxylic acids is 2. The number of benzene rings is 1. The predicted octanol–water partition coefficient (Wildman–Crippen LogP) is -0.284. The van der Waals surface area contributed by atoms with Gasteiger partial charge in [0.1, 0.15) is 0 Å². The number of rotatable bonds is 5. The molecule has 1 aromatic rings. The second-order valence-electron chi connectivity index (χ2n) is 4.78. The van der Waals surface area contributed by atoms with Crippen LogP contribution >= 0.6 is 0 Å². The van der Waals surface area contributed by atoms with E-state index in [2.05, 4.69) is 5.32 Å². The van der Waals surface area contributed by atoms with Gasteiger partial charge < -0.3 is 15.2 Å². The van der Waals surface area contributed by atoms with E-state index in [0.717, 1.165) is 18.9 Å². The van der Waals surface area contributed by atoms with Crippen molar-refractivity contribution in [2.24, 2.45) is 0 Å². The number of sulfonamides is 1. The lowest BCUT2D eigenvalue weighted by molar-refractivity contribution is -0.297. The molecule has 1 aromatic carbocycles. The van der Waals surface area contributed by atoms with E-state index in [0.29, 0.717) is 24.9 Å². The lowest BCUT2D eigenvalue weighted by atomic mass is 10.3. The van der Waals surface area contributed by atoms with Crippen molar-refractivity contribution in [3.05, 3.63) is 36.4 Å². The van der Waals surface area contributed by atoms with E-state index in [9.17, 15) is 23.1 Å². The summed E-state index contributed by atoms with van der Waals surface area (Å²) in [6.45, 7) is 1.05. The smallest absolute Gasteiger partial charge is 0.248 e. The summed E-state index contributed by atoms with van der Waals surface area (Å²) in [7, 11) is -3.48. The topological polar surface area (TPSA) is 107 Å². The number of carboxylic acid groups (broad SMARTS) is 1. The fraction of sp³-hybridized carbons (Fsp3) is 0.286. The molecule has 118 valence electrons. The Labute approximate surface area is 128 Å². The number of hydrogen-bond acceptors (Lipinski definition) is 5. The molecule has 0 radical (unpaired) electrons. The third-order valence-electron chi connectivity index (χ3n) is 3.20. The first-order valence-electron chi connectivity index (χ1n) is 6.70. The van der Waals surface area contributed by atoms with Crippen LogP contribution < -0.4 is 10.4 Å². The van der Waals surface area contributed by atoms with E-state index in [-0.39, 0.29) is 4.90 Å². The van der Waals surface area contributed by atoms with Crippen LogP contribution in [0.1, 0.15) is 12.8 Å². The molecular weight excluding hydrogens is 308 g/mol. The summed E-state index contributed by atoms with van der Waals surface area (Å²) in [5.41, 5.74) is 0.369. The Bertz CT molecular complexity index is 688. The van der Waals surface area contributed by atoms with Crippen molar-refractivity contribution in [1.29, 1.82) is 0 Å². The van der Waals surface area contributed by atoms with Gasteiger partial charge in [-0.15, -0.1) is 0 Å². The number of hydrogen-bond donors (Lipinski definition) is 1. The number of nitrogens with one attached hydrogen (secondary N) is 1. The highest BCUT2D eigenvalue weighted by Gasteiger charge is 2.26. The Balaban J connectivity index is 2.07. The van der Waals surface area contributed by atoms with Gasteiger partial charge in [0, 0.05) is 24.9 Å². The maximum Gasteiger partial charge on any atom is 0.248 e. The predicted molar refractivity (Wildman–Crippen MR) is 77.2 cm³/mol. The lowest BCUT2D eigenvalue weighted by Gasteiger charge is -2.15. The SMILES string of the molecule is O=C([O-])/C=C\C(=O)Nc1ccc(S(=O)(=O)N2CCCC2)cc1. The molecule has 7 nitrogen and oxygen atoms in total. The molecule has 0 aliphatic carbocycles. The van der Waals surface area contributed by atoms with Gasteiger partial charge in [-0.3, -0.25) is 4.79 Å². The summed E-state index contributed by atoms with van der Waals surface area (Å²) in [6, 6.07) is 5.72. The molecule has 1 aliphatic heterocycles. The van der Waals surface area contributed by atoms with E-state index in [4.69, 9.17) is 0 Å². The Morgan fingerprint density at radius 1 is 1.09 bits per heavy atom. The summed E-state index contributed by atoms with van der Waals surface area (Å²) in [4.78, 5) is 21.7. The summed E-state index contributed by atoms with van der Waals surface area (Å²) in [6.07, 6.45) is 3.15. The van der Waals surface area contributed by atoms with Crippen molar-refractivity contribution >= 4 is 27.6 Å². The molecule has 1 aliphatic rings. The Morgan fingerprint density at radius 2 is 1.68 bits per heavy atom. The van der Waals surface area contributed by atoms with E-state index in [1.54, 1.807) is 0 Å². The third-order valence-corrected chi connectivity index (χ3v) is 5.11. The van der Waals surface area contributed by atoms with Gasteiger partial charge in [0.15, 0.2) is 0 Å². The summed E-state index contributed by atoms with van der Waals surface area (Å²) in [5.74, 6) is -2.11. The zero-order valence-electron chi connectivity index (χ0n) is 11.7. The van der Waals surface area contributed by atoms with Gasteiger partial charge in [0.2, 0.25) is 15.9 Å². The lowest BCUT2D eigenvalue weighted by Crippen LogP contribution is -2.27. The maximum absolute atomic E-state index is 12.3. The molecule has 8 heteroatoms. The molecule has 0 bridgehead atoms. The van der Waals surface area contributed by atoms with Crippen molar-refractivity contribution in [3.8, 4) is 0 Å². The number of carboxylic acids is 1. The molecule has 1 amide bonds. The first kappa shape index (κ1) is 16.2. The molecule has 0 atom stereocenters. The van der Waals surface area contributed by atoms with Gasteiger partial charge in [0.25, 0.3) is 0 Å². The highest BCUT2D eigenvalue weighted by Crippen LogP contribution is 2.22. The van der Waals surface area contributed by atoms with Crippen LogP contribution in [0.5, 0.6) is 0 Å². The van der Waals surface area contributed by atoms with Crippen LogP contribution in [0.25, 0.3) is 0 Å². The summed E-state index contributed by atoms with van der Waals surface area (Å²) < 4.78 is 26.0. The van der Waals surface area contributed by atoms with Crippen LogP contribution in [0, 0.1) is 0 Å². The minimum absolute atomic E-state index is 0.165. The zero-order valence-corrected chi connectivity index (χ0v) is 12.5. The largest absolute Gasteiger partial charge is 0.545 e. The number of carbonyl (C=O) groups is 2. The van der Waals surface area contributed by atoms with Crippen molar-refractivity contribution in [3.63, 3.8) is 0 Å². The number of anilines is 1. The van der Waals surface area contributed by atoms with Crippen LogP contribution in [-0.2, 0) is 19.6 Å². The Morgan fingerprint density at radius 3 is 2.23 bits per heavy atom. The molecule has 0 spiro atoms. The van der Waals surface area contributed by atoms with Crippen LogP contribution in [-0.4, -0.2) is 37.7 Å². The van der Waals surface area contributed by atoms with Crippen molar-refractivity contribution < 1.29 is 23.1 Å². The summed E-state index contributed by atoms with van der Waals surface area (Å²) >= 11 is 0. The minimum atomic E-state index is -3.48. The number of amides is 1. The summed E-state index contributed by atoms with van der Waals surface area (Å²) in [5, 5.41) is 12.6. The average Bonchev–Trinajstić information content (AvgIpc) is 3.00. The standard InChI is InChI=1S/C14H16N2O5S/c17-13(7-8-14(18)19)15-11-3-5-12(6-4-11)22(20,21)16-9-1-2-10-16/h3-8H,1-2,9-10H2,(H,15,17)(H,18,19)/p-1/b8-7-. The average molecular weight is 323 g/mol. The fourth-order valence-corrected chi connectivity index (χ4v) is 3.63. The van der Waals surface area contributed by atoms with Crippen molar-refractivity contribution in [1.82, 2.24) is 4.31 Å². The zero-order chi connectivity index (χ0) is 16.2. The van der Waals surface area contributed by atoms with E-state index in [1.165, 1.54) is 28.6 Å². The normalized spacial score (nSPS) is 16.0. The second kappa shape index (κ2) is 6.71. The molecule has 1 fully saturated rings. The van der Waals surface area contributed by atoms with Crippen LogP contribution in [0.4, 0.5) is 5.69 Å². The van der Waals surface area contributed by atoms with Gasteiger partial charge in [0.05, 0.1) is 10.9 Å². The molecule has 2 rings (SSSR count). The van der Waals surface area contributed by atoms with Crippen LogP contribution in [0.2, 0.25) is 0 Å². The first-order valence-corrected chi connectivity index (χ1v) is 8.14. The van der Waals surface area contributed by atoms with Gasteiger partial charge >= 0.3 is 0 Å². The number of nitrogens with zero attached hydrogens (tertiary/aromatic N) is 1. The fourth-order valence-electron chi connectivity index (χ4n) is 2.12. The highest BCUT2D eigenvalue weighted by molar-refractivity contribution is 7.89. The number of aliphatic carboxylic acids is 1. The molecule has 0 saturated carbocycles. The van der Waals surface area contributed by atoms with E-state index in [1.807, 2.05) is 0 Å². The monoisotopic (exact) mass is 323 g/mol. The molecular formula is C14H15N2O5S-. The Hall–Kier alpha value is -2.19. The highest BCUT2D eigenvalue weighted by atomic mass is 32.2. The van der Waals surface area contributed by atoms with Gasteiger partial charge in [-0.05, 0) is 43.2 Å². The first-order chi connectivity index (χ1) is 10.4. The maximum atomic E-state index is 12.3. The van der Waals surface area contributed by atoms with E-state index < -0.39 is 21.9 Å². The van der Waals surface area contributed by atoms with Crippen LogP contribution in [0.3, 0.4) is 0 Å². The second-order valence-corrected chi connectivity index (χ2v) is 6.72. The quantitative estimate of drug-likeness (QED) is 0.750.